The Morgan fingerprint density at radius 1 is 0.589 bits per heavy atom. The molecule has 0 saturated heterocycles. The molecule has 0 bridgehead atoms. The number of allylic oxidation sites excluding steroid dienone is 2. The molecule has 0 amide bonds. The third-order valence-electron chi connectivity index (χ3n) is 10.7. The minimum atomic E-state index is 0.549. The Labute approximate surface area is 325 Å². The Morgan fingerprint density at radius 2 is 1.30 bits per heavy atom. The molecule has 7 nitrogen and oxygen atoms in total. The number of aromatic nitrogens is 7. The monoisotopic (exact) mass is 737 g/mol. The summed E-state index contributed by atoms with van der Waals surface area (Å²) in [7, 11) is 0. The Bertz CT molecular complexity index is 3390. The number of thiophene rings is 1. The normalized spacial score (nSPS) is 12.0. The summed E-state index contributed by atoms with van der Waals surface area (Å²) in [6.07, 6.45) is 13.2. The van der Waals surface area contributed by atoms with Gasteiger partial charge in [0.05, 0.1) is 33.3 Å². The molecule has 0 fully saturated rings. The Hall–Kier alpha value is -7.29. The minimum absolute atomic E-state index is 0.549. The van der Waals surface area contributed by atoms with Crippen LogP contribution in [0.3, 0.4) is 0 Å². The molecule has 0 unspecified atom stereocenters. The minimum Gasteiger partial charge on any atom is -0.307 e. The Morgan fingerprint density at radius 3 is 2.16 bits per heavy atom. The van der Waals surface area contributed by atoms with E-state index in [1.54, 1.807) is 12.4 Å². The molecule has 0 radical (unpaired) electrons. The van der Waals surface area contributed by atoms with Crippen molar-refractivity contribution in [3.63, 3.8) is 0 Å². The first-order valence-corrected chi connectivity index (χ1v) is 19.3. The second kappa shape index (κ2) is 12.7. The van der Waals surface area contributed by atoms with Crippen molar-refractivity contribution in [3.05, 3.63) is 170 Å². The van der Waals surface area contributed by atoms with Gasteiger partial charge < -0.3 is 4.57 Å². The highest BCUT2D eigenvalue weighted by Gasteiger charge is 2.23. The van der Waals surface area contributed by atoms with E-state index in [0.29, 0.717) is 11.6 Å². The van der Waals surface area contributed by atoms with E-state index < -0.39 is 0 Å². The first-order valence-electron chi connectivity index (χ1n) is 18.4. The number of benzene rings is 5. The zero-order valence-electron chi connectivity index (χ0n) is 30.3. The fourth-order valence-electron chi connectivity index (χ4n) is 8.07. The summed E-state index contributed by atoms with van der Waals surface area (Å²) in [5.74, 6) is 1.96. The number of fused-ring (bicyclic) bond motifs is 9. The lowest BCUT2D eigenvalue weighted by Crippen LogP contribution is -2.03. The second-order valence-electron chi connectivity index (χ2n) is 13.9. The average Bonchev–Trinajstić information content (AvgIpc) is 3.89. The molecule has 11 rings (SSSR count). The Kier molecular flexibility index (Phi) is 7.27. The van der Waals surface area contributed by atoms with Crippen molar-refractivity contribution in [2.45, 2.75) is 6.92 Å². The zero-order chi connectivity index (χ0) is 37.3. The van der Waals surface area contributed by atoms with Crippen molar-refractivity contribution in [3.8, 4) is 34.3 Å². The molecule has 56 heavy (non-hydrogen) atoms. The molecule has 0 aliphatic carbocycles. The maximum absolute atomic E-state index is 5.08. The van der Waals surface area contributed by atoms with E-state index in [2.05, 4.69) is 129 Å². The van der Waals surface area contributed by atoms with Crippen LogP contribution in [-0.4, -0.2) is 34.1 Å². The van der Waals surface area contributed by atoms with E-state index in [-0.39, 0.29) is 0 Å². The van der Waals surface area contributed by atoms with Crippen LogP contribution >= 0.6 is 11.3 Å². The fraction of sp³-hybridized carbons (Fsp3) is 0.0208. The van der Waals surface area contributed by atoms with E-state index in [4.69, 9.17) is 9.97 Å². The van der Waals surface area contributed by atoms with Crippen LogP contribution < -0.4 is 0 Å². The third kappa shape index (κ3) is 4.93. The topological polar surface area (TPSA) is 74.3 Å². The van der Waals surface area contributed by atoms with Crippen LogP contribution in [0, 0.1) is 6.92 Å². The number of hydrogen-bond acceptors (Lipinski definition) is 6. The Balaban J connectivity index is 1.16. The van der Waals surface area contributed by atoms with Gasteiger partial charge in [-0.3, -0.25) is 4.57 Å². The van der Waals surface area contributed by atoms with Crippen LogP contribution in [-0.2, 0) is 0 Å². The number of aryl methyl sites for hydroxylation is 1. The van der Waals surface area contributed by atoms with E-state index in [0.717, 1.165) is 66.7 Å². The summed E-state index contributed by atoms with van der Waals surface area (Å²) in [5, 5.41) is 6.88. The first-order chi connectivity index (χ1) is 27.6. The van der Waals surface area contributed by atoms with Crippen molar-refractivity contribution in [1.82, 2.24) is 34.1 Å². The largest absolute Gasteiger partial charge is 0.307 e. The molecule has 0 aliphatic rings. The molecular weight excluding hydrogens is 707 g/mol. The van der Waals surface area contributed by atoms with Gasteiger partial charge in [0.25, 0.3) is 0 Å². The van der Waals surface area contributed by atoms with Gasteiger partial charge in [0.2, 0.25) is 0 Å². The molecule has 0 atom stereocenters. The van der Waals surface area contributed by atoms with Crippen LogP contribution in [0.5, 0.6) is 0 Å². The molecule has 264 valence electrons. The van der Waals surface area contributed by atoms with Crippen molar-refractivity contribution in [2.24, 2.45) is 0 Å². The number of pyridine rings is 1. The van der Waals surface area contributed by atoms with E-state index >= 15 is 0 Å². The summed E-state index contributed by atoms with van der Waals surface area (Å²) in [5.41, 5.74) is 9.08. The predicted molar refractivity (Wildman–Crippen MR) is 232 cm³/mol. The lowest BCUT2D eigenvalue weighted by molar-refractivity contribution is 1.02. The van der Waals surface area contributed by atoms with Crippen LogP contribution in [0.15, 0.2) is 159 Å². The summed E-state index contributed by atoms with van der Waals surface area (Å²) in [6, 6.07) is 40.7. The summed E-state index contributed by atoms with van der Waals surface area (Å²) >= 11 is 1.84. The number of nitrogens with zero attached hydrogens (tertiary/aromatic N) is 7. The zero-order valence-corrected chi connectivity index (χ0v) is 31.1. The lowest BCUT2D eigenvalue weighted by Gasteiger charge is -2.13. The van der Waals surface area contributed by atoms with Gasteiger partial charge in [-0.25, -0.2) is 24.9 Å². The van der Waals surface area contributed by atoms with Crippen LogP contribution in [0.25, 0.3) is 104 Å². The van der Waals surface area contributed by atoms with Crippen LogP contribution in [0.1, 0.15) is 11.3 Å². The van der Waals surface area contributed by atoms with Gasteiger partial charge in [-0.2, -0.15) is 0 Å². The molecule has 6 aromatic heterocycles. The smallest absolute Gasteiger partial charge is 0.162 e. The van der Waals surface area contributed by atoms with Crippen LogP contribution in [0.4, 0.5) is 0 Å². The molecular formula is C48H31N7S. The highest BCUT2D eigenvalue weighted by Crippen LogP contribution is 2.42. The standard InChI is InChI=1S/C48H31N7S/c1-3-4-16-40-29(2)34-20-21-37-35-14-8-10-17-41(35)54(33-19-22-43-38(23-33)36-15-9-11-18-42(36)56-43)46(37)45(34)55(40)44-24-39-31(25-49-44)26-52-48(53-39)32-27-50-47(51-28-32)30-12-6-5-7-13-30/h3-28H,1H2,2H3/b16-4-. The fourth-order valence-corrected chi connectivity index (χ4v) is 9.16. The van der Waals surface area contributed by atoms with Crippen molar-refractivity contribution in [1.29, 1.82) is 0 Å². The van der Waals surface area contributed by atoms with Gasteiger partial charge >= 0.3 is 0 Å². The average molecular weight is 738 g/mol. The molecule has 11 aromatic rings. The van der Waals surface area contributed by atoms with Gasteiger partial charge in [-0.05, 0) is 48.9 Å². The predicted octanol–water partition coefficient (Wildman–Crippen LogP) is 12.1. The van der Waals surface area contributed by atoms with Gasteiger partial charge in [0, 0.05) is 83.8 Å². The highest BCUT2D eigenvalue weighted by atomic mass is 32.1. The van der Waals surface area contributed by atoms with E-state index in [1.165, 1.54) is 30.9 Å². The van der Waals surface area contributed by atoms with Crippen molar-refractivity contribution < 1.29 is 0 Å². The first kappa shape index (κ1) is 32.2. The van der Waals surface area contributed by atoms with Gasteiger partial charge in [0.15, 0.2) is 11.6 Å². The molecule has 6 heterocycles. The third-order valence-corrected chi connectivity index (χ3v) is 11.8. The molecule has 8 heteroatoms. The summed E-state index contributed by atoms with van der Waals surface area (Å²) in [6.45, 7) is 6.18. The van der Waals surface area contributed by atoms with Gasteiger partial charge in [-0.15, -0.1) is 11.3 Å². The molecule has 0 spiro atoms. The molecule has 0 saturated carbocycles. The van der Waals surface area contributed by atoms with Crippen molar-refractivity contribution in [2.75, 3.05) is 0 Å². The lowest BCUT2D eigenvalue weighted by atomic mass is 10.1. The maximum Gasteiger partial charge on any atom is 0.162 e. The van der Waals surface area contributed by atoms with Crippen molar-refractivity contribution >= 4 is 81.2 Å². The van der Waals surface area contributed by atoms with E-state index in [9.17, 15) is 0 Å². The maximum atomic E-state index is 5.08. The number of para-hydroxylation sites is 1. The second-order valence-corrected chi connectivity index (χ2v) is 15.0. The summed E-state index contributed by atoms with van der Waals surface area (Å²) in [4.78, 5) is 24.1. The quantitative estimate of drug-likeness (QED) is 0.159. The summed E-state index contributed by atoms with van der Waals surface area (Å²) < 4.78 is 7.27. The van der Waals surface area contributed by atoms with Gasteiger partial charge in [0.1, 0.15) is 5.82 Å². The highest BCUT2D eigenvalue weighted by molar-refractivity contribution is 7.25. The number of rotatable bonds is 6. The molecule has 0 aliphatic heterocycles. The SMILES string of the molecule is C=C/C=C\c1c(C)c2ccc3c4ccccc4n(-c4ccc5sc6ccccc6c5c4)c3c2n1-c1cc2nc(-c3cnc(-c4ccccc4)nc3)ncc2cn1. The van der Waals surface area contributed by atoms with Crippen LogP contribution in [0.2, 0.25) is 0 Å². The van der Waals surface area contributed by atoms with Gasteiger partial charge in [-0.1, -0.05) is 97.6 Å². The number of hydrogen-bond donors (Lipinski definition) is 0. The van der Waals surface area contributed by atoms with E-state index in [1.807, 2.05) is 66.2 Å². The molecule has 5 aromatic carbocycles. The molecule has 0 N–H and O–H groups in total.